The van der Waals surface area contributed by atoms with Gasteiger partial charge in [-0.25, -0.2) is 4.79 Å². The first-order valence-electron chi connectivity index (χ1n) is 11.1. The third-order valence-electron chi connectivity index (χ3n) is 9.89. The van der Waals surface area contributed by atoms with Crippen molar-refractivity contribution in [3.05, 3.63) is 11.6 Å². The van der Waals surface area contributed by atoms with Crippen LogP contribution in [0.4, 0.5) is 0 Å². The lowest BCUT2D eigenvalue weighted by atomic mass is 9.42. The van der Waals surface area contributed by atoms with E-state index in [1.54, 1.807) is 6.08 Å². The van der Waals surface area contributed by atoms with Gasteiger partial charge in [-0.05, 0) is 86.0 Å². The summed E-state index contributed by atoms with van der Waals surface area (Å²) in [6, 6.07) is 0. The maximum Gasteiger partial charge on any atom is 0.331 e. The van der Waals surface area contributed by atoms with E-state index in [9.17, 15) is 20.1 Å². The molecule has 0 unspecified atom stereocenters. The number of esters is 1. The normalized spacial score (nSPS) is 55.8. The van der Waals surface area contributed by atoms with Gasteiger partial charge in [-0.3, -0.25) is 0 Å². The van der Waals surface area contributed by atoms with Gasteiger partial charge in [-0.1, -0.05) is 13.8 Å². The quantitative estimate of drug-likeness (QED) is 0.599. The van der Waals surface area contributed by atoms with E-state index in [0.29, 0.717) is 18.9 Å². The number of rotatable bonds is 1. The van der Waals surface area contributed by atoms with Crippen LogP contribution in [0.25, 0.3) is 0 Å². The number of carbonyl (C=O) groups is 1. The Hall–Kier alpha value is -0.910. The van der Waals surface area contributed by atoms with E-state index >= 15 is 0 Å². The van der Waals surface area contributed by atoms with Gasteiger partial charge in [0, 0.05) is 11.5 Å². The molecule has 0 saturated heterocycles. The van der Waals surface area contributed by atoms with Gasteiger partial charge in [-0.2, -0.15) is 0 Å². The first-order valence-corrected chi connectivity index (χ1v) is 11.1. The van der Waals surface area contributed by atoms with Crippen molar-refractivity contribution in [2.45, 2.75) is 83.0 Å². The lowest BCUT2D eigenvalue weighted by Gasteiger charge is -2.65. The van der Waals surface area contributed by atoms with Crippen molar-refractivity contribution < 1.29 is 24.9 Å². The van der Waals surface area contributed by atoms with E-state index in [0.717, 1.165) is 50.5 Å². The minimum absolute atomic E-state index is 0.0115. The Morgan fingerprint density at radius 1 is 1.11 bits per heavy atom. The van der Waals surface area contributed by atoms with Gasteiger partial charge < -0.3 is 20.1 Å². The Kier molecular flexibility index (Phi) is 4.12. The molecular weight excluding hydrogens is 356 g/mol. The maximum absolute atomic E-state index is 12.1. The fraction of sp³-hybridized carbons (Fsp3) is 0.870. The molecule has 5 rings (SSSR count). The smallest absolute Gasteiger partial charge is 0.331 e. The third-order valence-corrected chi connectivity index (χ3v) is 9.89. The molecule has 0 amide bonds. The van der Waals surface area contributed by atoms with Gasteiger partial charge in [0.25, 0.3) is 0 Å². The van der Waals surface area contributed by atoms with Gasteiger partial charge in [0.15, 0.2) is 0 Å². The predicted molar refractivity (Wildman–Crippen MR) is 103 cm³/mol. The molecule has 3 N–H and O–H groups in total. The molecule has 0 bridgehead atoms. The fourth-order valence-corrected chi connectivity index (χ4v) is 8.49. The predicted octanol–water partition coefficient (Wildman–Crippen LogP) is 2.58. The Bertz CT molecular complexity index is 718. The van der Waals surface area contributed by atoms with Crippen LogP contribution in [-0.2, 0) is 9.53 Å². The Balaban J connectivity index is 1.51. The van der Waals surface area contributed by atoms with Crippen LogP contribution in [0.15, 0.2) is 11.6 Å². The van der Waals surface area contributed by atoms with Crippen LogP contribution in [0, 0.1) is 34.5 Å². The number of cyclic esters (lactones) is 1. The van der Waals surface area contributed by atoms with Crippen LogP contribution >= 0.6 is 0 Å². The summed E-state index contributed by atoms with van der Waals surface area (Å²) in [6.45, 7) is 4.76. The van der Waals surface area contributed by atoms with Crippen molar-refractivity contribution in [1.82, 2.24) is 0 Å². The van der Waals surface area contributed by atoms with Gasteiger partial charge >= 0.3 is 5.97 Å². The Labute approximate surface area is 167 Å². The van der Waals surface area contributed by atoms with E-state index in [1.807, 2.05) is 0 Å². The summed E-state index contributed by atoms with van der Waals surface area (Å²) < 4.78 is 5.17. The Morgan fingerprint density at radius 2 is 1.89 bits per heavy atom. The molecule has 5 nitrogen and oxygen atoms in total. The zero-order valence-electron chi connectivity index (χ0n) is 17.1. The largest absolute Gasteiger partial charge is 0.458 e. The van der Waals surface area contributed by atoms with Gasteiger partial charge in [0.1, 0.15) is 6.61 Å². The number of fused-ring (bicyclic) bond motifs is 5. The zero-order chi connectivity index (χ0) is 19.9. The highest BCUT2D eigenvalue weighted by Gasteiger charge is 2.69. The molecule has 5 aliphatic rings. The van der Waals surface area contributed by atoms with Crippen molar-refractivity contribution >= 4 is 5.97 Å². The topological polar surface area (TPSA) is 87.0 Å². The van der Waals surface area contributed by atoms with E-state index < -0.39 is 17.1 Å². The van der Waals surface area contributed by atoms with E-state index in [1.165, 1.54) is 0 Å². The second kappa shape index (κ2) is 6.05. The first-order chi connectivity index (χ1) is 13.2. The molecular formula is C23H34O5. The highest BCUT2D eigenvalue weighted by molar-refractivity contribution is 5.85. The summed E-state index contributed by atoms with van der Waals surface area (Å²) in [5.74, 6) is 0.420. The minimum atomic E-state index is -0.807. The number of carbonyl (C=O) groups excluding carboxylic acids is 1. The Morgan fingerprint density at radius 3 is 2.61 bits per heavy atom. The summed E-state index contributed by atoms with van der Waals surface area (Å²) in [4.78, 5) is 11.6. The van der Waals surface area contributed by atoms with Gasteiger partial charge in [0.2, 0.25) is 0 Å². The molecule has 0 radical (unpaired) electrons. The SMILES string of the molecule is C[C@]12CC[C@H](O)C[C@H]1CC[C@@H]1[C@H]2[C@H](O)C[C@]2(C)[C@@H](C3=CC(=O)OC3)CC[C@]12O. The highest BCUT2D eigenvalue weighted by Crippen LogP contribution is 2.69. The lowest BCUT2D eigenvalue weighted by Crippen LogP contribution is -2.66. The van der Waals surface area contributed by atoms with Crippen LogP contribution < -0.4 is 0 Å². The first kappa shape index (κ1) is 19.1. The standard InChI is InChI=1S/C23H34O5/c1-21-7-5-15(24)10-14(21)3-4-17-20(21)18(25)11-22(2)16(6-8-23(17,22)27)13-9-19(26)28-12-13/h9,14-18,20,24-25,27H,3-8,10-12H2,1-2H3/t14-,15+,16-,17-,18-,20+,21+,22-,23+/m1/s1. The second-order valence-corrected chi connectivity index (χ2v) is 10.9. The molecule has 4 saturated carbocycles. The monoisotopic (exact) mass is 390 g/mol. The molecule has 4 fully saturated rings. The zero-order valence-corrected chi connectivity index (χ0v) is 17.1. The van der Waals surface area contributed by atoms with Gasteiger partial charge in [0.05, 0.1) is 17.8 Å². The molecule has 28 heavy (non-hydrogen) atoms. The molecule has 9 atom stereocenters. The van der Waals surface area contributed by atoms with Crippen LogP contribution in [0.3, 0.4) is 0 Å². The van der Waals surface area contributed by atoms with Crippen molar-refractivity contribution in [2.75, 3.05) is 6.61 Å². The summed E-state index contributed by atoms with van der Waals surface area (Å²) in [7, 11) is 0. The molecule has 0 aromatic carbocycles. The molecule has 156 valence electrons. The summed E-state index contributed by atoms with van der Waals surface area (Å²) >= 11 is 0. The molecule has 1 aliphatic heterocycles. The maximum atomic E-state index is 12.1. The molecule has 0 spiro atoms. The molecule has 0 aromatic heterocycles. The minimum Gasteiger partial charge on any atom is -0.458 e. The van der Waals surface area contributed by atoms with Crippen molar-refractivity contribution in [3.63, 3.8) is 0 Å². The number of hydrogen-bond acceptors (Lipinski definition) is 5. The number of aliphatic hydroxyl groups is 3. The van der Waals surface area contributed by atoms with Crippen molar-refractivity contribution in [3.8, 4) is 0 Å². The van der Waals surface area contributed by atoms with Crippen LogP contribution in [-0.4, -0.2) is 45.7 Å². The van der Waals surface area contributed by atoms with E-state index in [-0.39, 0.29) is 35.2 Å². The van der Waals surface area contributed by atoms with Gasteiger partial charge in [-0.15, -0.1) is 0 Å². The summed E-state index contributed by atoms with van der Waals surface area (Å²) in [5, 5.41) is 33.7. The average Bonchev–Trinajstić information content (AvgIpc) is 3.16. The molecule has 4 aliphatic carbocycles. The van der Waals surface area contributed by atoms with E-state index in [4.69, 9.17) is 4.74 Å². The molecule has 1 heterocycles. The summed E-state index contributed by atoms with van der Waals surface area (Å²) in [5.41, 5.74) is -0.250. The van der Waals surface area contributed by atoms with Crippen LogP contribution in [0.1, 0.15) is 65.2 Å². The van der Waals surface area contributed by atoms with Crippen LogP contribution in [0.2, 0.25) is 0 Å². The van der Waals surface area contributed by atoms with E-state index in [2.05, 4.69) is 13.8 Å². The molecule has 0 aromatic rings. The van der Waals surface area contributed by atoms with Crippen molar-refractivity contribution in [2.24, 2.45) is 34.5 Å². The third kappa shape index (κ3) is 2.33. The number of ether oxygens (including phenoxy) is 1. The van der Waals surface area contributed by atoms with Crippen LogP contribution in [0.5, 0.6) is 0 Å². The second-order valence-electron chi connectivity index (χ2n) is 10.9. The number of hydrogen-bond donors (Lipinski definition) is 3. The van der Waals surface area contributed by atoms with Crippen molar-refractivity contribution in [1.29, 1.82) is 0 Å². The highest BCUT2D eigenvalue weighted by atomic mass is 16.5. The summed E-state index contributed by atoms with van der Waals surface area (Å²) in [6.07, 6.45) is 7.61. The lowest BCUT2D eigenvalue weighted by molar-refractivity contribution is -0.242. The molecule has 5 heteroatoms. The average molecular weight is 391 g/mol. The fourth-order valence-electron chi connectivity index (χ4n) is 8.49. The number of aliphatic hydroxyl groups excluding tert-OH is 2.